The van der Waals surface area contributed by atoms with Gasteiger partial charge in [0.15, 0.2) is 17.5 Å². The van der Waals surface area contributed by atoms with Crippen molar-refractivity contribution in [3.63, 3.8) is 0 Å². The van der Waals surface area contributed by atoms with Gasteiger partial charge >= 0.3 is 0 Å². The number of hydrogen-bond acceptors (Lipinski definition) is 4. The van der Waals surface area contributed by atoms with Crippen LogP contribution in [0.2, 0.25) is 0 Å². The van der Waals surface area contributed by atoms with Crippen LogP contribution in [0.25, 0.3) is 0 Å². The van der Waals surface area contributed by atoms with Gasteiger partial charge in [-0.3, -0.25) is 4.99 Å². The molecule has 2 aromatic carbocycles. The number of nitrogens with zero attached hydrogens (tertiary/aromatic N) is 1. The molecule has 0 saturated heterocycles. The lowest BCUT2D eigenvalue weighted by Gasteiger charge is -2.18. The zero-order chi connectivity index (χ0) is 18.2. The highest BCUT2D eigenvalue weighted by atomic mass is 16.7. The lowest BCUT2D eigenvalue weighted by Crippen LogP contribution is -2.40. The van der Waals surface area contributed by atoms with Gasteiger partial charge in [0.25, 0.3) is 0 Å². The van der Waals surface area contributed by atoms with E-state index in [4.69, 9.17) is 9.47 Å². The van der Waals surface area contributed by atoms with E-state index in [0.29, 0.717) is 13.3 Å². The number of aliphatic hydroxyl groups is 1. The molecule has 26 heavy (non-hydrogen) atoms. The Bertz CT molecular complexity index is 734. The quantitative estimate of drug-likeness (QED) is 0.522. The van der Waals surface area contributed by atoms with Crippen molar-refractivity contribution in [1.29, 1.82) is 0 Å². The number of rotatable bonds is 7. The van der Waals surface area contributed by atoms with Crippen molar-refractivity contribution in [2.24, 2.45) is 4.99 Å². The molecular formula is C20H25N3O3. The third kappa shape index (κ3) is 4.67. The lowest BCUT2D eigenvalue weighted by atomic mass is 10.0. The maximum atomic E-state index is 9.64. The Morgan fingerprint density at radius 2 is 1.92 bits per heavy atom. The second kappa shape index (κ2) is 9.10. The molecule has 0 amide bonds. The first kappa shape index (κ1) is 18.1. The van der Waals surface area contributed by atoms with Crippen LogP contribution in [-0.2, 0) is 6.42 Å². The minimum atomic E-state index is 0.0311. The van der Waals surface area contributed by atoms with E-state index in [0.717, 1.165) is 36.0 Å². The van der Waals surface area contributed by atoms with Crippen LogP contribution in [0.15, 0.2) is 53.5 Å². The Labute approximate surface area is 153 Å². The second-order valence-corrected chi connectivity index (χ2v) is 6.11. The third-order valence-electron chi connectivity index (χ3n) is 4.37. The maximum absolute atomic E-state index is 9.64. The second-order valence-electron chi connectivity index (χ2n) is 6.11. The van der Waals surface area contributed by atoms with Gasteiger partial charge in [0.2, 0.25) is 6.79 Å². The van der Waals surface area contributed by atoms with Crippen molar-refractivity contribution < 1.29 is 14.6 Å². The largest absolute Gasteiger partial charge is 0.454 e. The van der Waals surface area contributed by atoms with Crippen LogP contribution in [0.1, 0.15) is 17.0 Å². The fraction of sp³-hybridized carbons (Fsp3) is 0.350. The molecule has 6 heteroatoms. The Hall–Kier alpha value is -2.73. The normalized spacial score (nSPS) is 14.2. The van der Waals surface area contributed by atoms with Crippen molar-refractivity contribution in [2.45, 2.75) is 12.3 Å². The lowest BCUT2D eigenvalue weighted by molar-refractivity contribution is 0.174. The molecule has 1 atom stereocenters. The predicted octanol–water partition coefficient (Wildman–Crippen LogP) is 1.90. The number of nitrogens with one attached hydrogen (secondary N) is 2. The summed E-state index contributed by atoms with van der Waals surface area (Å²) in [5, 5.41) is 16.2. The summed E-state index contributed by atoms with van der Waals surface area (Å²) in [6, 6.07) is 16.0. The number of benzene rings is 2. The summed E-state index contributed by atoms with van der Waals surface area (Å²) in [6.45, 7) is 1.74. The van der Waals surface area contributed by atoms with Crippen LogP contribution in [0.4, 0.5) is 0 Å². The van der Waals surface area contributed by atoms with Crippen LogP contribution in [0.3, 0.4) is 0 Å². The van der Waals surface area contributed by atoms with E-state index in [1.807, 2.05) is 48.5 Å². The summed E-state index contributed by atoms with van der Waals surface area (Å²) in [6.07, 6.45) is 0.847. The highest BCUT2D eigenvalue weighted by Crippen LogP contribution is 2.32. The molecule has 1 aliphatic rings. The first-order valence-corrected chi connectivity index (χ1v) is 8.79. The van der Waals surface area contributed by atoms with E-state index in [-0.39, 0.29) is 12.5 Å². The number of fused-ring (bicyclic) bond motifs is 1. The van der Waals surface area contributed by atoms with Gasteiger partial charge in [-0.2, -0.15) is 0 Å². The van der Waals surface area contributed by atoms with Gasteiger partial charge in [0, 0.05) is 26.1 Å². The van der Waals surface area contributed by atoms with E-state index in [2.05, 4.69) is 15.6 Å². The summed E-state index contributed by atoms with van der Waals surface area (Å²) in [4.78, 5) is 4.25. The van der Waals surface area contributed by atoms with Gasteiger partial charge in [-0.15, -0.1) is 0 Å². The minimum absolute atomic E-state index is 0.0311. The van der Waals surface area contributed by atoms with E-state index < -0.39 is 0 Å². The van der Waals surface area contributed by atoms with E-state index in [1.54, 1.807) is 7.05 Å². The average Bonchev–Trinajstić information content (AvgIpc) is 3.15. The molecular weight excluding hydrogens is 330 g/mol. The summed E-state index contributed by atoms with van der Waals surface area (Å²) in [5.74, 6) is 2.36. The standard InChI is InChI=1S/C20H25N3O3/c1-21-20(23-12-17(13-24)16-5-3-2-4-6-16)22-10-9-15-7-8-18-19(11-15)26-14-25-18/h2-8,11,17,24H,9-10,12-14H2,1H3,(H2,21,22,23). The zero-order valence-corrected chi connectivity index (χ0v) is 14.9. The van der Waals surface area contributed by atoms with Crippen molar-refractivity contribution in [2.75, 3.05) is 33.5 Å². The molecule has 1 unspecified atom stereocenters. The van der Waals surface area contributed by atoms with E-state index in [1.165, 1.54) is 5.56 Å². The van der Waals surface area contributed by atoms with Crippen LogP contribution in [0, 0.1) is 0 Å². The van der Waals surface area contributed by atoms with Crippen molar-refractivity contribution in [1.82, 2.24) is 10.6 Å². The maximum Gasteiger partial charge on any atom is 0.231 e. The molecule has 2 aromatic rings. The van der Waals surface area contributed by atoms with E-state index in [9.17, 15) is 5.11 Å². The fourth-order valence-corrected chi connectivity index (χ4v) is 2.88. The molecule has 0 aromatic heterocycles. The predicted molar refractivity (Wildman–Crippen MR) is 102 cm³/mol. The van der Waals surface area contributed by atoms with Crippen LogP contribution >= 0.6 is 0 Å². The van der Waals surface area contributed by atoms with Gasteiger partial charge in [0.05, 0.1) is 6.61 Å². The molecule has 0 spiro atoms. The molecule has 0 bridgehead atoms. The molecule has 0 aliphatic carbocycles. The highest BCUT2D eigenvalue weighted by Gasteiger charge is 2.13. The van der Waals surface area contributed by atoms with Gasteiger partial charge in [0.1, 0.15) is 0 Å². The molecule has 6 nitrogen and oxygen atoms in total. The monoisotopic (exact) mass is 355 g/mol. The summed E-state index contributed by atoms with van der Waals surface area (Å²) < 4.78 is 10.7. The highest BCUT2D eigenvalue weighted by molar-refractivity contribution is 5.79. The molecule has 138 valence electrons. The number of guanidine groups is 1. The minimum Gasteiger partial charge on any atom is -0.454 e. The number of hydrogen-bond donors (Lipinski definition) is 3. The Balaban J connectivity index is 1.46. The Kier molecular flexibility index (Phi) is 6.33. The summed E-state index contributed by atoms with van der Waals surface area (Å²) in [7, 11) is 1.74. The van der Waals surface area contributed by atoms with Crippen molar-refractivity contribution in [3.05, 3.63) is 59.7 Å². The first-order valence-electron chi connectivity index (χ1n) is 8.79. The topological polar surface area (TPSA) is 75.1 Å². The zero-order valence-electron chi connectivity index (χ0n) is 14.9. The number of aliphatic hydroxyl groups excluding tert-OH is 1. The summed E-state index contributed by atoms with van der Waals surface area (Å²) in [5.41, 5.74) is 2.29. The molecule has 3 rings (SSSR count). The van der Waals surface area contributed by atoms with Gasteiger partial charge in [-0.1, -0.05) is 36.4 Å². The van der Waals surface area contributed by atoms with Gasteiger partial charge in [-0.05, 0) is 29.7 Å². The van der Waals surface area contributed by atoms with Gasteiger partial charge in [-0.25, -0.2) is 0 Å². The smallest absolute Gasteiger partial charge is 0.231 e. The molecule has 1 aliphatic heterocycles. The van der Waals surface area contributed by atoms with E-state index >= 15 is 0 Å². The SMILES string of the molecule is CN=C(NCCc1ccc2c(c1)OCO2)NCC(CO)c1ccccc1. The van der Waals surface area contributed by atoms with Crippen LogP contribution < -0.4 is 20.1 Å². The van der Waals surface area contributed by atoms with Crippen LogP contribution in [-0.4, -0.2) is 44.6 Å². The first-order chi connectivity index (χ1) is 12.8. The molecule has 1 heterocycles. The molecule has 3 N–H and O–H groups in total. The summed E-state index contributed by atoms with van der Waals surface area (Å²) >= 11 is 0. The average molecular weight is 355 g/mol. The van der Waals surface area contributed by atoms with Crippen molar-refractivity contribution >= 4 is 5.96 Å². The number of aliphatic imine (C=N–C) groups is 1. The molecule has 0 fully saturated rings. The molecule has 0 radical (unpaired) electrons. The van der Waals surface area contributed by atoms with Gasteiger partial charge < -0.3 is 25.2 Å². The Morgan fingerprint density at radius 3 is 2.69 bits per heavy atom. The number of ether oxygens (including phenoxy) is 2. The van der Waals surface area contributed by atoms with Crippen molar-refractivity contribution in [3.8, 4) is 11.5 Å². The Morgan fingerprint density at radius 1 is 1.12 bits per heavy atom. The molecule has 0 saturated carbocycles. The fourth-order valence-electron chi connectivity index (χ4n) is 2.88. The van der Waals surface area contributed by atoms with Crippen LogP contribution in [0.5, 0.6) is 11.5 Å². The third-order valence-corrected chi connectivity index (χ3v) is 4.37.